The van der Waals surface area contributed by atoms with Gasteiger partial charge >= 0.3 is 0 Å². The van der Waals surface area contributed by atoms with E-state index in [0.717, 1.165) is 51.4 Å². The minimum atomic E-state index is -0.743. The second kappa shape index (κ2) is 5.13. The summed E-state index contributed by atoms with van der Waals surface area (Å²) in [6.07, 6.45) is 8.38. The van der Waals surface area contributed by atoms with Crippen LogP contribution in [0.2, 0.25) is 0 Å². The molecule has 1 aliphatic carbocycles. The maximum atomic E-state index is 12.8. The second-order valence-electron chi connectivity index (χ2n) is 6.28. The third-order valence-electron chi connectivity index (χ3n) is 4.91. The van der Waals surface area contributed by atoms with Crippen molar-refractivity contribution >= 4 is 5.91 Å². The zero-order valence-electron chi connectivity index (χ0n) is 11.4. The van der Waals surface area contributed by atoms with E-state index in [1.54, 1.807) is 0 Å². The molecule has 0 aromatic rings. The zero-order valence-corrected chi connectivity index (χ0v) is 11.4. The first kappa shape index (κ1) is 12.9. The smallest absolute Gasteiger partial charge is 0.243 e. The van der Waals surface area contributed by atoms with Crippen molar-refractivity contribution in [3.05, 3.63) is 0 Å². The van der Waals surface area contributed by atoms with Crippen molar-refractivity contribution in [3.8, 4) is 6.07 Å². The predicted molar refractivity (Wildman–Crippen MR) is 70.2 cm³/mol. The van der Waals surface area contributed by atoms with E-state index in [1.165, 1.54) is 0 Å². The van der Waals surface area contributed by atoms with Crippen LogP contribution in [-0.4, -0.2) is 36.1 Å². The molecule has 2 atom stereocenters. The molecule has 19 heavy (non-hydrogen) atoms. The number of rotatable bonds is 1. The molecule has 1 saturated carbocycles. The topological polar surface area (TPSA) is 53.3 Å². The molecule has 2 heterocycles. The number of nitrogens with zero attached hydrogens (tertiary/aromatic N) is 2. The fourth-order valence-electron chi connectivity index (χ4n) is 3.79. The number of ether oxygens (including phenoxy) is 1. The number of carbonyl (C=O) groups excluding carboxylic acids is 1. The molecule has 2 aliphatic heterocycles. The fourth-order valence-corrected chi connectivity index (χ4v) is 3.79. The summed E-state index contributed by atoms with van der Waals surface area (Å²) >= 11 is 0. The summed E-state index contributed by atoms with van der Waals surface area (Å²) in [6, 6.07) is 2.37. The zero-order chi connectivity index (χ0) is 13.3. The van der Waals surface area contributed by atoms with Crippen molar-refractivity contribution in [2.75, 3.05) is 13.1 Å². The van der Waals surface area contributed by atoms with Gasteiger partial charge in [0.25, 0.3) is 0 Å². The molecule has 0 spiro atoms. The molecular formula is C15H22N2O2. The van der Waals surface area contributed by atoms with Gasteiger partial charge in [-0.15, -0.1) is 0 Å². The van der Waals surface area contributed by atoms with Crippen LogP contribution >= 0.6 is 0 Å². The molecule has 104 valence electrons. The van der Waals surface area contributed by atoms with Gasteiger partial charge in [-0.3, -0.25) is 4.79 Å². The standard InChI is InChI=1S/C15H22N2O2/c16-11-15(7-3-1-2-4-8-15)14(18)17-9-12-5-6-13(10-17)19-12/h12-13H,1-10H2. The molecule has 3 rings (SSSR count). The van der Waals surface area contributed by atoms with Crippen molar-refractivity contribution < 1.29 is 9.53 Å². The Morgan fingerprint density at radius 3 is 2.21 bits per heavy atom. The normalized spacial score (nSPS) is 33.5. The summed E-state index contributed by atoms with van der Waals surface area (Å²) < 4.78 is 5.78. The predicted octanol–water partition coefficient (Wildman–Crippen LogP) is 2.24. The Bertz CT molecular complexity index is 381. The molecule has 4 nitrogen and oxygen atoms in total. The van der Waals surface area contributed by atoms with E-state index in [1.807, 2.05) is 4.90 Å². The van der Waals surface area contributed by atoms with Gasteiger partial charge in [-0.25, -0.2) is 0 Å². The van der Waals surface area contributed by atoms with Crippen molar-refractivity contribution in [1.29, 1.82) is 5.26 Å². The number of likely N-dealkylation sites (tertiary alicyclic amines) is 1. The molecule has 0 N–H and O–H groups in total. The average molecular weight is 262 g/mol. The Morgan fingerprint density at radius 2 is 1.68 bits per heavy atom. The Morgan fingerprint density at radius 1 is 1.11 bits per heavy atom. The number of morpholine rings is 1. The fraction of sp³-hybridized carbons (Fsp3) is 0.867. The van der Waals surface area contributed by atoms with Gasteiger partial charge in [0.1, 0.15) is 5.41 Å². The second-order valence-corrected chi connectivity index (χ2v) is 6.28. The van der Waals surface area contributed by atoms with Gasteiger partial charge in [-0.2, -0.15) is 5.26 Å². The van der Waals surface area contributed by atoms with Crippen molar-refractivity contribution in [2.45, 2.75) is 63.6 Å². The highest BCUT2D eigenvalue weighted by Crippen LogP contribution is 2.38. The third kappa shape index (κ3) is 2.36. The summed E-state index contributed by atoms with van der Waals surface area (Å²) in [6.45, 7) is 1.39. The van der Waals surface area contributed by atoms with E-state index in [4.69, 9.17) is 4.74 Å². The van der Waals surface area contributed by atoms with Crippen LogP contribution < -0.4 is 0 Å². The van der Waals surface area contributed by atoms with Gasteiger partial charge in [0.2, 0.25) is 5.91 Å². The van der Waals surface area contributed by atoms with Gasteiger partial charge in [-0.05, 0) is 25.7 Å². The van der Waals surface area contributed by atoms with Gasteiger partial charge < -0.3 is 9.64 Å². The Balaban J connectivity index is 1.75. The van der Waals surface area contributed by atoms with Crippen LogP contribution in [0.25, 0.3) is 0 Å². The lowest BCUT2D eigenvalue weighted by atomic mass is 9.80. The van der Waals surface area contributed by atoms with E-state index in [-0.39, 0.29) is 18.1 Å². The van der Waals surface area contributed by atoms with Crippen LogP contribution in [0.3, 0.4) is 0 Å². The van der Waals surface area contributed by atoms with Crippen LogP contribution in [0, 0.1) is 16.7 Å². The maximum absolute atomic E-state index is 12.8. The molecule has 2 bridgehead atoms. The molecule has 0 aromatic carbocycles. The van der Waals surface area contributed by atoms with E-state index in [2.05, 4.69) is 6.07 Å². The minimum absolute atomic E-state index is 0.0806. The maximum Gasteiger partial charge on any atom is 0.243 e. The van der Waals surface area contributed by atoms with E-state index in [9.17, 15) is 10.1 Å². The minimum Gasteiger partial charge on any atom is -0.371 e. The number of amides is 1. The molecule has 0 aromatic heterocycles. The molecule has 3 aliphatic rings. The summed E-state index contributed by atoms with van der Waals surface area (Å²) in [4.78, 5) is 14.7. The lowest BCUT2D eigenvalue weighted by molar-refractivity contribution is -0.148. The highest BCUT2D eigenvalue weighted by atomic mass is 16.5. The van der Waals surface area contributed by atoms with E-state index in [0.29, 0.717) is 13.1 Å². The van der Waals surface area contributed by atoms with E-state index < -0.39 is 5.41 Å². The summed E-state index contributed by atoms with van der Waals surface area (Å²) in [5.74, 6) is 0.0806. The quantitative estimate of drug-likeness (QED) is 0.681. The first-order chi connectivity index (χ1) is 9.23. The molecule has 3 fully saturated rings. The SMILES string of the molecule is N#CC1(C(=O)N2CC3CCC(C2)O3)CCCCCC1. The summed E-state index contributed by atoms with van der Waals surface area (Å²) in [7, 11) is 0. The van der Waals surface area contributed by atoms with Gasteiger partial charge in [0.05, 0.1) is 18.3 Å². The summed E-state index contributed by atoms with van der Waals surface area (Å²) in [5, 5.41) is 9.59. The number of fused-ring (bicyclic) bond motifs is 2. The van der Waals surface area contributed by atoms with Gasteiger partial charge in [-0.1, -0.05) is 25.7 Å². The van der Waals surface area contributed by atoms with Crippen LogP contribution in [0.4, 0.5) is 0 Å². The summed E-state index contributed by atoms with van der Waals surface area (Å²) in [5.41, 5.74) is -0.743. The first-order valence-corrected chi connectivity index (χ1v) is 7.60. The molecule has 2 saturated heterocycles. The van der Waals surface area contributed by atoms with E-state index >= 15 is 0 Å². The number of hydrogen-bond donors (Lipinski definition) is 0. The third-order valence-corrected chi connectivity index (χ3v) is 4.91. The van der Waals surface area contributed by atoms with Crippen molar-refractivity contribution in [3.63, 3.8) is 0 Å². The first-order valence-electron chi connectivity index (χ1n) is 7.60. The molecular weight excluding hydrogens is 240 g/mol. The highest BCUT2D eigenvalue weighted by molar-refractivity contribution is 5.85. The van der Waals surface area contributed by atoms with Crippen molar-refractivity contribution in [1.82, 2.24) is 4.90 Å². The van der Waals surface area contributed by atoms with Gasteiger partial charge in [0.15, 0.2) is 0 Å². The molecule has 2 unspecified atom stereocenters. The lowest BCUT2D eigenvalue weighted by Gasteiger charge is -2.37. The number of hydrogen-bond acceptors (Lipinski definition) is 3. The van der Waals surface area contributed by atoms with Crippen LogP contribution in [0.1, 0.15) is 51.4 Å². The Hall–Kier alpha value is -1.08. The largest absolute Gasteiger partial charge is 0.371 e. The van der Waals surface area contributed by atoms with Gasteiger partial charge in [0, 0.05) is 13.1 Å². The highest BCUT2D eigenvalue weighted by Gasteiger charge is 2.45. The van der Waals surface area contributed by atoms with Crippen LogP contribution in [0.5, 0.6) is 0 Å². The molecule has 4 heteroatoms. The average Bonchev–Trinajstić information content (AvgIpc) is 2.68. The van der Waals surface area contributed by atoms with Crippen LogP contribution in [-0.2, 0) is 9.53 Å². The number of carbonyl (C=O) groups is 1. The molecule has 1 amide bonds. The number of nitriles is 1. The van der Waals surface area contributed by atoms with Crippen LogP contribution in [0.15, 0.2) is 0 Å². The lowest BCUT2D eigenvalue weighted by Crippen LogP contribution is -2.51. The monoisotopic (exact) mass is 262 g/mol. The Kier molecular flexibility index (Phi) is 3.49. The van der Waals surface area contributed by atoms with Crippen molar-refractivity contribution in [2.24, 2.45) is 5.41 Å². The Labute approximate surface area is 114 Å². The molecule has 0 radical (unpaired) electrons.